The van der Waals surface area contributed by atoms with Crippen LogP contribution in [0.25, 0.3) is 10.4 Å². The molecule has 0 heterocycles. The Kier molecular flexibility index (Phi) is 6.97. The summed E-state index contributed by atoms with van der Waals surface area (Å²) in [6.45, 7) is 4.97. The molecule has 106 valence electrons. The fraction of sp³-hybridized carbons (Fsp3) is 0.500. The summed E-state index contributed by atoms with van der Waals surface area (Å²) in [5, 5.41) is 15.8. The highest BCUT2D eigenvalue weighted by Gasteiger charge is 2.10. The molecule has 6 nitrogen and oxygen atoms in total. The van der Waals surface area contributed by atoms with Gasteiger partial charge in [-0.1, -0.05) is 17.2 Å². The topological polar surface area (TPSA) is 93.8 Å². The fourth-order valence-corrected chi connectivity index (χ4v) is 1.72. The second-order valence-electron chi connectivity index (χ2n) is 4.56. The smallest absolute Gasteiger partial charge is 0.121 e. The molecule has 20 heavy (non-hydrogen) atoms. The first kappa shape index (κ1) is 15.8. The third-order valence-electron chi connectivity index (χ3n) is 2.54. The number of hydrogen-bond acceptors (Lipinski definition) is 4. The molecule has 1 aromatic rings. The Labute approximate surface area is 119 Å². The van der Waals surface area contributed by atoms with Crippen LogP contribution in [-0.2, 0) is 0 Å². The van der Waals surface area contributed by atoms with Gasteiger partial charge in [0.15, 0.2) is 0 Å². The van der Waals surface area contributed by atoms with Crippen molar-refractivity contribution in [2.45, 2.75) is 32.4 Å². The van der Waals surface area contributed by atoms with Crippen molar-refractivity contribution in [3.05, 3.63) is 40.3 Å². The maximum atomic E-state index is 9.22. The molecule has 0 aliphatic heterocycles. The summed E-state index contributed by atoms with van der Waals surface area (Å²) < 4.78 is 5.61. The van der Waals surface area contributed by atoms with E-state index >= 15 is 0 Å². The van der Waals surface area contributed by atoms with E-state index in [4.69, 9.17) is 10.3 Å². The van der Waals surface area contributed by atoms with Crippen molar-refractivity contribution in [2.75, 3.05) is 13.1 Å². The Morgan fingerprint density at radius 3 is 2.95 bits per heavy atom. The first-order chi connectivity index (χ1) is 9.67. The van der Waals surface area contributed by atoms with Crippen LogP contribution in [-0.4, -0.2) is 19.2 Å². The van der Waals surface area contributed by atoms with Crippen LogP contribution >= 0.6 is 0 Å². The number of azide groups is 1. The fourth-order valence-electron chi connectivity index (χ4n) is 1.72. The van der Waals surface area contributed by atoms with Crippen molar-refractivity contribution in [1.29, 1.82) is 5.26 Å². The summed E-state index contributed by atoms with van der Waals surface area (Å²) in [6.07, 6.45) is 0.798. The van der Waals surface area contributed by atoms with Gasteiger partial charge in [0.05, 0.1) is 12.2 Å². The first-order valence-corrected chi connectivity index (χ1v) is 6.58. The molecule has 0 aromatic heterocycles. The van der Waals surface area contributed by atoms with Gasteiger partial charge in [0.2, 0.25) is 0 Å². The predicted molar refractivity (Wildman–Crippen MR) is 77.2 cm³/mol. The molecule has 0 fully saturated rings. The van der Waals surface area contributed by atoms with Crippen LogP contribution in [0.5, 0.6) is 5.75 Å². The van der Waals surface area contributed by atoms with E-state index in [1.807, 2.05) is 38.1 Å². The Bertz CT molecular complexity index is 503. The average Bonchev–Trinajstić information content (AvgIpc) is 2.42. The van der Waals surface area contributed by atoms with E-state index in [9.17, 15) is 5.26 Å². The van der Waals surface area contributed by atoms with Gasteiger partial charge in [0.25, 0.3) is 0 Å². The van der Waals surface area contributed by atoms with Gasteiger partial charge >= 0.3 is 0 Å². The molecule has 6 heteroatoms. The zero-order valence-corrected chi connectivity index (χ0v) is 11.8. The maximum Gasteiger partial charge on any atom is 0.121 e. The molecule has 1 unspecified atom stereocenters. The van der Waals surface area contributed by atoms with Gasteiger partial charge in [-0.05, 0) is 50.0 Å². The van der Waals surface area contributed by atoms with E-state index in [1.165, 1.54) is 0 Å². The van der Waals surface area contributed by atoms with Gasteiger partial charge in [0.1, 0.15) is 11.8 Å². The average molecular weight is 273 g/mol. The van der Waals surface area contributed by atoms with Gasteiger partial charge in [-0.25, -0.2) is 0 Å². The zero-order valence-electron chi connectivity index (χ0n) is 11.8. The molecule has 0 saturated heterocycles. The molecular formula is C14H19N5O. The SMILES string of the molecule is CC(C)Oc1cccc(C(C#N)NCCCN=[N+]=[N-])c1. The molecule has 0 radical (unpaired) electrons. The number of nitriles is 1. The molecular weight excluding hydrogens is 254 g/mol. The normalized spacial score (nSPS) is 11.5. The van der Waals surface area contributed by atoms with Crippen LogP contribution in [0.15, 0.2) is 29.4 Å². The predicted octanol–water partition coefficient (Wildman–Crippen LogP) is 3.33. The lowest BCUT2D eigenvalue weighted by Crippen LogP contribution is -2.21. The minimum Gasteiger partial charge on any atom is -0.491 e. The lowest BCUT2D eigenvalue weighted by atomic mass is 10.1. The van der Waals surface area contributed by atoms with Crippen LogP contribution in [0.1, 0.15) is 31.9 Å². The largest absolute Gasteiger partial charge is 0.491 e. The molecule has 0 aliphatic carbocycles. The molecule has 1 rings (SSSR count). The first-order valence-electron chi connectivity index (χ1n) is 6.58. The minimum absolute atomic E-state index is 0.0996. The molecule has 0 aliphatic rings. The highest BCUT2D eigenvalue weighted by atomic mass is 16.5. The molecule has 0 bridgehead atoms. The van der Waals surface area contributed by atoms with Gasteiger partial charge in [0, 0.05) is 11.5 Å². The van der Waals surface area contributed by atoms with Crippen LogP contribution in [0.4, 0.5) is 0 Å². The van der Waals surface area contributed by atoms with E-state index in [-0.39, 0.29) is 6.10 Å². The monoisotopic (exact) mass is 273 g/mol. The summed E-state index contributed by atoms with van der Waals surface area (Å²) in [5.74, 6) is 0.758. The Balaban J connectivity index is 2.60. The summed E-state index contributed by atoms with van der Waals surface area (Å²) >= 11 is 0. The van der Waals surface area contributed by atoms with Crippen LogP contribution in [0, 0.1) is 11.3 Å². The van der Waals surface area contributed by atoms with E-state index in [0.717, 1.165) is 11.3 Å². The summed E-state index contributed by atoms with van der Waals surface area (Å²) in [6, 6.07) is 9.34. The standard InChI is InChI=1S/C14H19N5O/c1-11(2)20-13-6-3-5-12(9-13)14(10-15)17-7-4-8-18-19-16/h3,5-6,9,11,14,17H,4,7-8H2,1-2H3. The van der Waals surface area contributed by atoms with E-state index in [1.54, 1.807) is 0 Å². The highest BCUT2D eigenvalue weighted by molar-refractivity contribution is 5.33. The third-order valence-corrected chi connectivity index (χ3v) is 2.54. The summed E-state index contributed by atoms with van der Waals surface area (Å²) in [7, 11) is 0. The lowest BCUT2D eigenvalue weighted by molar-refractivity contribution is 0.242. The van der Waals surface area contributed by atoms with Gasteiger partial charge < -0.3 is 4.74 Å². The molecule has 0 amide bonds. The molecule has 1 N–H and O–H groups in total. The number of ether oxygens (including phenoxy) is 1. The van der Waals surface area contributed by atoms with E-state index in [2.05, 4.69) is 21.4 Å². The molecule has 1 aromatic carbocycles. The van der Waals surface area contributed by atoms with Crippen molar-refractivity contribution in [2.24, 2.45) is 5.11 Å². The van der Waals surface area contributed by atoms with Gasteiger partial charge in [-0.2, -0.15) is 5.26 Å². The minimum atomic E-state index is -0.392. The van der Waals surface area contributed by atoms with Crippen molar-refractivity contribution >= 4 is 0 Å². The van der Waals surface area contributed by atoms with E-state index in [0.29, 0.717) is 19.5 Å². The maximum absolute atomic E-state index is 9.22. The number of benzene rings is 1. The molecule has 1 atom stereocenters. The van der Waals surface area contributed by atoms with Crippen molar-refractivity contribution in [3.63, 3.8) is 0 Å². The van der Waals surface area contributed by atoms with Crippen molar-refractivity contribution in [1.82, 2.24) is 5.32 Å². The summed E-state index contributed by atoms with van der Waals surface area (Å²) in [5.41, 5.74) is 9.04. The Hall–Kier alpha value is -2.22. The third kappa shape index (κ3) is 5.61. The van der Waals surface area contributed by atoms with Crippen LogP contribution < -0.4 is 10.1 Å². The highest BCUT2D eigenvalue weighted by Crippen LogP contribution is 2.20. The number of rotatable bonds is 8. The van der Waals surface area contributed by atoms with Crippen LogP contribution in [0.3, 0.4) is 0 Å². The molecule has 0 spiro atoms. The quantitative estimate of drug-likeness (QED) is 0.340. The van der Waals surface area contributed by atoms with Crippen molar-refractivity contribution < 1.29 is 4.74 Å². The van der Waals surface area contributed by atoms with Gasteiger partial charge in [-0.3, -0.25) is 5.32 Å². The number of hydrogen-bond donors (Lipinski definition) is 1. The number of nitrogens with one attached hydrogen (secondary N) is 1. The van der Waals surface area contributed by atoms with E-state index < -0.39 is 6.04 Å². The van der Waals surface area contributed by atoms with Crippen molar-refractivity contribution in [3.8, 4) is 11.8 Å². The number of nitrogens with zero attached hydrogens (tertiary/aromatic N) is 4. The van der Waals surface area contributed by atoms with Gasteiger partial charge in [-0.15, -0.1) is 0 Å². The Morgan fingerprint density at radius 2 is 2.30 bits per heavy atom. The zero-order chi connectivity index (χ0) is 14.8. The second-order valence-corrected chi connectivity index (χ2v) is 4.56. The lowest BCUT2D eigenvalue weighted by Gasteiger charge is -2.14. The molecule has 0 saturated carbocycles. The van der Waals surface area contributed by atoms with Crippen LogP contribution in [0.2, 0.25) is 0 Å². The Morgan fingerprint density at radius 1 is 1.50 bits per heavy atom. The second kappa shape index (κ2) is 8.81. The summed E-state index contributed by atoms with van der Waals surface area (Å²) in [4.78, 5) is 2.69.